The van der Waals surface area contributed by atoms with Crippen LogP contribution in [0.25, 0.3) is 0 Å². The first kappa shape index (κ1) is 17.0. The maximum atomic E-state index is 9.28. The van der Waals surface area contributed by atoms with E-state index in [9.17, 15) is 5.11 Å². The van der Waals surface area contributed by atoms with E-state index in [4.69, 9.17) is 0 Å². The van der Waals surface area contributed by atoms with Crippen molar-refractivity contribution in [3.05, 3.63) is 29.8 Å². The molecule has 0 radical (unpaired) electrons. The molecule has 1 saturated heterocycles. The van der Waals surface area contributed by atoms with E-state index in [1.54, 1.807) is 12.1 Å². The Morgan fingerprint density at radius 2 is 2.18 bits per heavy atom. The molecule has 0 aromatic heterocycles. The van der Waals surface area contributed by atoms with Gasteiger partial charge in [-0.15, -0.1) is 0 Å². The largest absolute Gasteiger partial charge is 0.508 e. The summed E-state index contributed by atoms with van der Waals surface area (Å²) in [6, 6.07) is 7.46. The molecule has 122 valence electrons. The summed E-state index contributed by atoms with van der Waals surface area (Å²) in [5.74, 6) is 2.55. The number of nitrogens with one attached hydrogen (secondary N) is 1. The van der Waals surface area contributed by atoms with Crippen molar-refractivity contribution in [3.63, 3.8) is 0 Å². The number of aryl methyl sites for hydroxylation is 1. The number of guanidine groups is 1. The van der Waals surface area contributed by atoms with E-state index in [-0.39, 0.29) is 0 Å². The van der Waals surface area contributed by atoms with Crippen molar-refractivity contribution in [2.75, 3.05) is 32.4 Å². The average molecular weight is 321 g/mol. The van der Waals surface area contributed by atoms with Crippen LogP contribution in [0.2, 0.25) is 0 Å². The second kappa shape index (κ2) is 8.93. The summed E-state index contributed by atoms with van der Waals surface area (Å²) < 4.78 is 0. The molecule has 0 saturated carbocycles. The maximum Gasteiger partial charge on any atom is 0.193 e. The minimum Gasteiger partial charge on any atom is -0.508 e. The highest BCUT2D eigenvalue weighted by Crippen LogP contribution is 2.21. The summed E-state index contributed by atoms with van der Waals surface area (Å²) in [6.07, 6.45) is 3.29. The third-order valence-electron chi connectivity index (χ3n) is 3.97. The van der Waals surface area contributed by atoms with E-state index in [1.807, 2.05) is 19.2 Å². The Hall–Kier alpha value is -1.36. The number of phenols is 1. The molecule has 1 aromatic rings. The Labute approximate surface area is 138 Å². The van der Waals surface area contributed by atoms with Gasteiger partial charge in [-0.25, -0.2) is 0 Å². The zero-order valence-electron chi connectivity index (χ0n) is 13.6. The quantitative estimate of drug-likeness (QED) is 0.497. The summed E-state index contributed by atoms with van der Waals surface area (Å²) in [5, 5.41) is 13.5. The third kappa shape index (κ3) is 5.13. The van der Waals surface area contributed by atoms with Gasteiger partial charge in [-0.05, 0) is 37.0 Å². The molecule has 4 nitrogen and oxygen atoms in total. The number of thioether (sulfide) groups is 1. The Kier molecular flexibility index (Phi) is 6.90. The molecule has 5 heteroatoms. The van der Waals surface area contributed by atoms with Gasteiger partial charge in [0.15, 0.2) is 5.96 Å². The highest BCUT2D eigenvalue weighted by Gasteiger charge is 2.21. The lowest BCUT2D eigenvalue weighted by molar-refractivity contribution is 0.408. The molecule has 0 amide bonds. The highest BCUT2D eigenvalue weighted by molar-refractivity contribution is 8.00. The summed E-state index contributed by atoms with van der Waals surface area (Å²) in [4.78, 5) is 6.81. The van der Waals surface area contributed by atoms with Crippen LogP contribution in [-0.4, -0.2) is 53.7 Å². The third-order valence-corrected chi connectivity index (χ3v) is 5.34. The first-order valence-electron chi connectivity index (χ1n) is 8.08. The second-order valence-corrected chi connectivity index (χ2v) is 7.00. The van der Waals surface area contributed by atoms with Crippen molar-refractivity contribution >= 4 is 17.7 Å². The number of aliphatic imine (C=N–C) groups is 1. The molecule has 1 aliphatic rings. The van der Waals surface area contributed by atoms with Crippen LogP contribution in [-0.2, 0) is 6.42 Å². The van der Waals surface area contributed by atoms with Gasteiger partial charge in [-0.1, -0.05) is 19.1 Å². The lowest BCUT2D eigenvalue weighted by atomic mass is 10.1. The number of nitrogens with zero attached hydrogens (tertiary/aromatic N) is 2. The topological polar surface area (TPSA) is 47.9 Å². The van der Waals surface area contributed by atoms with E-state index < -0.39 is 0 Å². The van der Waals surface area contributed by atoms with E-state index in [0.717, 1.165) is 43.7 Å². The Morgan fingerprint density at radius 1 is 1.41 bits per heavy atom. The Balaban J connectivity index is 1.73. The van der Waals surface area contributed by atoms with Crippen LogP contribution in [0.4, 0.5) is 0 Å². The van der Waals surface area contributed by atoms with Gasteiger partial charge in [0.1, 0.15) is 5.75 Å². The van der Waals surface area contributed by atoms with Crippen LogP contribution < -0.4 is 5.32 Å². The molecule has 1 heterocycles. The van der Waals surface area contributed by atoms with Crippen LogP contribution in [0.5, 0.6) is 5.75 Å². The van der Waals surface area contributed by atoms with Gasteiger partial charge in [0.25, 0.3) is 0 Å². The summed E-state index contributed by atoms with van der Waals surface area (Å²) >= 11 is 2.08. The number of phenolic OH excluding ortho intramolecular Hbond substituents is 1. The first-order valence-corrected chi connectivity index (χ1v) is 9.13. The van der Waals surface area contributed by atoms with Gasteiger partial charge in [0, 0.05) is 37.7 Å². The zero-order valence-corrected chi connectivity index (χ0v) is 14.4. The molecular formula is C17H27N3OS. The molecule has 1 aromatic carbocycles. The smallest absolute Gasteiger partial charge is 0.193 e. The number of hydrogen-bond donors (Lipinski definition) is 2. The molecule has 2 rings (SSSR count). The molecule has 0 aliphatic carbocycles. The average Bonchev–Trinajstić information content (AvgIpc) is 2.56. The zero-order chi connectivity index (χ0) is 15.8. The molecule has 0 bridgehead atoms. The molecule has 1 atom stereocenters. The monoisotopic (exact) mass is 321 g/mol. The van der Waals surface area contributed by atoms with Gasteiger partial charge in [0.05, 0.1) is 0 Å². The Morgan fingerprint density at radius 3 is 2.86 bits per heavy atom. The van der Waals surface area contributed by atoms with Crippen molar-refractivity contribution < 1.29 is 5.11 Å². The fraction of sp³-hybridized carbons (Fsp3) is 0.588. The summed E-state index contributed by atoms with van der Waals surface area (Å²) in [5.41, 5.74) is 1.26. The fourth-order valence-electron chi connectivity index (χ4n) is 2.65. The van der Waals surface area contributed by atoms with Crippen molar-refractivity contribution in [1.82, 2.24) is 10.2 Å². The molecule has 2 N–H and O–H groups in total. The number of aromatic hydroxyl groups is 1. The molecule has 22 heavy (non-hydrogen) atoms. The molecule has 1 aliphatic heterocycles. The summed E-state index contributed by atoms with van der Waals surface area (Å²) in [6.45, 7) is 5.36. The normalized spacial score (nSPS) is 19.3. The lowest BCUT2D eigenvalue weighted by Crippen LogP contribution is -2.48. The van der Waals surface area contributed by atoms with Crippen molar-refractivity contribution in [2.24, 2.45) is 4.99 Å². The van der Waals surface area contributed by atoms with Crippen molar-refractivity contribution in [3.8, 4) is 5.75 Å². The minimum atomic E-state index is 0.329. The van der Waals surface area contributed by atoms with Crippen molar-refractivity contribution in [1.29, 1.82) is 0 Å². The molecular weight excluding hydrogens is 294 g/mol. The Bertz CT molecular complexity index is 475. The van der Waals surface area contributed by atoms with E-state index in [1.165, 1.54) is 17.7 Å². The first-order chi connectivity index (χ1) is 10.7. The number of benzene rings is 1. The second-order valence-electron chi connectivity index (χ2n) is 5.59. The number of rotatable bonds is 5. The number of hydrogen-bond acceptors (Lipinski definition) is 3. The van der Waals surface area contributed by atoms with Gasteiger partial charge in [-0.2, -0.15) is 11.8 Å². The fourth-order valence-corrected chi connectivity index (χ4v) is 3.83. The maximum absolute atomic E-state index is 9.28. The highest BCUT2D eigenvalue weighted by atomic mass is 32.2. The van der Waals surface area contributed by atoms with Crippen molar-refractivity contribution in [2.45, 2.75) is 31.4 Å². The molecule has 1 unspecified atom stereocenters. The lowest BCUT2D eigenvalue weighted by Gasteiger charge is -2.34. The van der Waals surface area contributed by atoms with Gasteiger partial charge in [-0.3, -0.25) is 4.99 Å². The predicted molar refractivity (Wildman–Crippen MR) is 95.9 cm³/mol. The van der Waals surface area contributed by atoms with Gasteiger partial charge >= 0.3 is 0 Å². The summed E-state index contributed by atoms with van der Waals surface area (Å²) in [7, 11) is 1.87. The van der Waals surface area contributed by atoms with Gasteiger partial charge < -0.3 is 15.3 Å². The molecule has 1 fully saturated rings. The van der Waals surface area contributed by atoms with Crippen LogP contribution in [0.1, 0.15) is 25.3 Å². The van der Waals surface area contributed by atoms with Gasteiger partial charge in [0.2, 0.25) is 0 Å². The minimum absolute atomic E-state index is 0.329. The molecule has 0 spiro atoms. The van der Waals surface area contributed by atoms with E-state index >= 15 is 0 Å². The van der Waals surface area contributed by atoms with E-state index in [2.05, 4.69) is 33.9 Å². The standard InChI is InChI=1S/C17H27N3OS/c1-3-16-13-20(11-12-22-16)17(18-2)19-10-4-5-14-6-8-15(21)9-7-14/h6-9,16,21H,3-5,10-13H2,1-2H3,(H,18,19). The predicted octanol–water partition coefficient (Wildman–Crippen LogP) is 2.73. The van der Waals surface area contributed by atoms with E-state index in [0.29, 0.717) is 5.75 Å². The SMILES string of the molecule is CCC1CN(C(=NC)NCCCc2ccc(O)cc2)CCS1. The van der Waals surface area contributed by atoms with Crippen LogP contribution in [0.15, 0.2) is 29.3 Å². The van der Waals surface area contributed by atoms with Crippen LogP contribution >= 0.6 is 11.8 Å². The van der Waals surface area contributed by atoms with Crippen LogP contribution in [0.3, 0.4) is 0 Å². The van der Waals surface area contributed by atoms with Crippen LogP contribution in [0, 0.1) is 0 Å².